The van der Waals surface area contributed by atoms with Gasteiger partial charge in [-0.3, -0.25) is 4.98 Å². The number of rotatable bonds is 1. The molecule has 2 rings (SSSR count). The Bertz CT molecular complexity index is 408. The normalized spacial score (nSPS) is 10.1. The molecule has 0 aliphatic rings. The zero-order chi connectivity index (χ0) is 9.97. The minimum absolute atomic E-state index is 1.01. The third-order valence-electron chi connectivity index (χ3n) is 2.16. The van der Waals surface area contributed by atoms with E-state index in [9.17, 15) is 0 Å². The Morgan fingerprint density at radius 2 is 1.86 bits per heavy atom. The number of benzene rings is 1. The zero-order valence-electron chi connectivity index (χ0n) is 7.87. The first-order chi connectivity index (χ1) is 6.79. The second-order valence-electron chi connectivity index (χ2n) is 3.15. The molecule has 0 atom stereocenters. The van der Waals surface area contributed by atoms with Gasteiger partial charge in [-0.25, -0.2) is 0 Å². The van der Waals surface area contributed by atoms with E-state index in [4.69, 9.17) is 0 Å². The molecule has 1 heterocycles. The largest absolute Gasteiger partial charge is 0.255 e. The van der Waals surface area contributed by atoms with E-state index in [2.05, 4.69) is 40.0 Å². The Morgan fingerprint density at radius 1 is 1.07 bits per heavy atom. The third-order valence-corrected chi connectivity index (χ3v) is 2.80. The predicted molar refractivity (Wildman–Crippen MR) is 62.1 cm³/mol. The molecule has 0 saturated heterocycles. The van der Waals surface area contributed by atoms with Gasteiger partial charge in [0.15, 0.2) is 0 Å². The van der Waals surface area contributed by atoms with Crippen LogP contribution in [-0.4, -0.2) is 4.98 Å². The molecule has 70 valence electrons. The van der Waals surface area contributed by atoms with Crippen molar-refractivity contribution >= 4 is 15.9 Å². The third kappa shape index (κ3) is 1.70. The average Bonchev–Trinajstić information content (AvgIpc) is 2.20. The highest BCUT2D eigenvalue weighted by molar-refractivity contribution is 9.10. The van der Waals surface area contributed by atoms with Crippen LogP contribution in [0.1, 0.15) is 5.56 Å². The lowest BCUT2D eigenvalue weighted by molar-refractivity contribution is 1.29. The van der Waals surface area contributed by atoms with Crippen molar-refractivity contribution in [1.82, 2.24) is 4.98 Å². The van der Waals surface area contributed by atoms with Crippen LogP contribution >= 0.6 is 15.9 Å². The Labute approximate surface area is 91.9 Å². The monoisotopic (exact) mass is 247 g/mol. The highest BCUT2D eigenvalue weighted by Gasteiger charge is 2.05. The maximum atomic E-state index is 4.36. The molecule has 14 heavy (non-hydrogen) atoms. The van der Waals surface area contributed by atoms with Crippen LogP contribution in [0.5, 0.6) is 0 Å². The van der Waals surface area contributed by atoms with E-state index in [1.165, 1.54) is 11.1 Å². The number of nitrogens with zero attached hydrogens (tertiary/aromatic N) is 1. The molecule has 0 bridgehead atoms. The summed E-state index contributed by atoms with van der Waals surface area (Å²) in [6, 6.07) is 12.2. The van der Waals surface area contributed by atoms with Gasteiger partial charge in [0.2, 0.25) is 0 Å². The lowest BCUT2D eigenvalue weighted by atomic mass is 10.1. The minimum Gasteiger partial charge on any atom is -0.255 e. The summed E-state index contributed by atoms with van der Waals surface area (Å²) in [5.41, 5.74) is 3.43. The van der Waals surface area contributed by atoms with Gasteiger partial charge in [-0.05, 0) is 40.5 Å². The van der Waals surface area contributed by atoms with Crippen LogP contribution in [0, 0.1) is 6.92 Å². The van der Waals surface area contributed by atoms with Crippen molar-refractivity contribution in [2.75, 3.05) is 0 Å². The van der Waals surface area contributed by atoms with Crippen LogP contribution in [0.25, 0.3) is 11.3 Å². The van der Waals surface area contributed by atoms with Crippen molar-refractivity contribution in [3.63, 3.8) is 0 Å². The minimum atomic E-state index is 1.01. The van der Waals surface area contributed by atoms with Gasteiger partial charge in [0.1, 0.15) is 0 Å². The summed E-state index contributed by atoms with van der Waals surface area (Å²) in [6.07, 6.45) is 1.81. The van der Waals surface area contributed by atoms with Gasteiger partial charge in [-0.15, -0.1) is 0 Å². The number of pyridine rings is 1. The summed E-state index contributed by atoms with van der Waals surface area (Å²) in [4.78, 5) is 4.36. The molecule has 1 nitrogen and oxygen atoms in total. The fourth-order valence-electron chi connectivity index (χ4n) is 1.42. The topological polar surface area (TPSA) is 12.9 Å². The van der Waals surface area contributed by atoms with Gasteiger partial charge in [0.05, 0.1) is 5.69 Å². The quantitative estimate of drug-likeness (QED) is 0.747. The summed E-state index contributed by atoms with van der Waals surface area (Å²) in [6.45, 7) is 2.09. The number of aryl methyl sites for hydroxylation is 1. The molecule has 0 unspecified atom stereocenters. The molecule has 0 saturated carbocycles. The SMILES string of the molecule is Cc1ccccc1-c1ncccc1Br. The highest BCUT2D eigenvalue weighted by Crippen LogP contribution is 2.27. The van der Waals surface area contributed by atoms with Gasteiger partial charge in [0.25, 0.3) is 0 Å². The summed E-state index contributed by atoms with van der Waals surface area (Å²) >= 11 is 3.50. The molecule has 0 radical (unpaired) electrons. The zero-order valence-corrected chi connectivity index (χ0v) is 9.45. The van der Waals surface area contributed by atoms with E-state index >= 15 is 0 Å². The second kappa shape index (κ2) is 3.93. The van der Waals surface area contributed by atoms with Gasteiger partial charge in [-0.2, -0.15) is 0 Å². The number of aromatic nitrogens is 1. The molecule has 1 aromatic carbocycles. The summed E-state index contributed by atoms with van der Waals surface area (Å²) < 4.78 is 1.04. The smallest absolute Gasteiger partial charge is 0.0846 e. The maximum absolute atomic E-state index is 4.36. The first kappa shape index (κ1) is 9.41. The first-order valence-electron chi connectivity index (χ1n) is 4.45. The highest BCUT2D eigenvalue weighted by atomic mass is 79.9. The Morgan fingerprint density at radius 3 is 2.57 bits per heavy atom. The van der Waals surface area contributed by atoms with Crippen LogP contribution in [-0.2, 0) is 0 Å². The van der Waals surface area contributed by atoms with Crippen molar-refractivity contribution in [3.8, 4) is 11.3 Å². The molecule has 0 spiro atoms. The molecule has 0 aliphatic carbocycles. The van der Waals surface area contributed by atoms with Crippen LogP contribution in [0.4, 0.5) is 0 Å². The molecule has 2 heteroatoms. The first-order valence-corrected chi connectivity index (χ1v) is 5.25. The van der Waals surface area contributed by atoms with E-state index < -0.39 is 0 Å². The van der Waals surface area contributed by atoms with E-state index in [-0.39, 0.29) is 0 Å². The van der Waals surface area contributed by atoms with E-state index in [1.807, 2.05) is 30.5 Å². The molecular weight excluding hydrogens is 238 g/mol. The summed E-state index contributed by atoms with van der Waals surface area (Å²) in [7, 11) is 0. The van der Waals surface area contributed by atoms with E-state index in [1.54, 1.807) is 0 Å². The lowest BCUT2D eigenvalue weighted by Crippen LogP contribution is -1.87. The number of halogens is 1. The number of hydrogen-bond acceptors (Lipinski definition) is 1. The Hall–Kier alpha value is -1.15. The molecule has 1 aromatic heterocycles. The van der Waals surface area contributed by atoms with Crippen molar-refractivity contribution in [1.29, 1.82) is 0 Å². The van der Waals surface area contributed by atoms with Gasteiger partial charge in [-0.1, -0.05) is 24.3 Å². The van der Waals surface area contributed by atoms with Crippen molar-refractivity contribution < 1.29 is 0 Å². The Kier molecular flexibility index (Phi) is 2.64. The molecule has 0 fully saturated rings. The number of hydrogen-bond donors (Lipinski definition) is 0. The second-order valence-corrected chi connectivity index (χ2v) is 4.00. The van der Waals surface area contributed by atoms with Crippen molar-refractivity contribution in [2.24, 2.45) is 0 Å². The summed E-state index contributed by atoms with van der Waals surface area (Å²) in [5, 5.41) is 0. The molecular formula is C12H10BrN. The lowest BCUT2D eigenvalue weighted by Gasteiger charge is -2.05. The van der Waals surface area contributed by atoms with Gasteiger partial charge < -0.3 is 0 Å². The van der Waals surface area contributed by atoms with Crippen LogP contribution in [0.15, 0.2) is 47.1 Å². The van der Waals surface area contributed by atoms with Crippen LogP contribution in [0.2, 0.25) is 0 Å². The Balaban J connectivity index is 2.61. The standard InChI is InChI=1S/C12H10BrN/c1-9-5-2-3-6-10(9)12-11(13)7-4-8-14-12/h2-8H,1H3. The van der Waals surface area contributed by atoms with Crippen molar-refractivity contribution in [2.45, 2.75) is 6.92 Å². The molecule has 2 aromatic rings. The fraction of sp³-hybridized carbons (Fsp3) is 0.0833. The van der Waals surface area contributed by atoms with Gasteiger partial charge in [0, 0.05) is 16.2 Å². The van der Waals surface area contributed by atoms with E-state index in [0.29, 0.717) is 0 Å². The van der Waals surface area contributed by atoms with Crippen LogP contribution in [0.3, 0.4) is 0 Å². The van der Waals surface area contributed by atoms with Crippen molar-refractivity contribution in [3.05, 3.63) is 52.6 Å². The molecule has 0 aliphatic heterocycles. The van der Waals surface area contributed by atoms with Gasteiger partial charge >= 0.3 is 0 Å². The van der Waals surface area contributed by atoms with Crippen LogP contribution < -0.4 is 0 Å². The maximum Gasteiger partial charge on any atom is 0.0846 e. The van der Waals surface area contributed by atoms with E-state index in [0.717, 1.165) is 10.2 Å². The summed E-state index contributed by atoms with van der Waals surface area (Å²) in [5.74, 6) is 0. The predicted octanol–water partition coefficient (Wildman–Crippen LogP) is 3.82. The molecule has 0 N–H and O–H groups in total. The molecule has 0 amide bonds. The average molecular weight is 248 g/mol. The fourth-order valence-corrected chi connectivity index (χ4v) is 1.89.